The number of aromatic nitrogens is 4. The summed E-state index contributed by atoms with van der Waals surface area (Å²) in [7, 11) is 1.52. The first-order valence-corrected chi connectivity index (χ1v) is 9.28. The summed E-state index contributed by atoms with van der Waals surface area (Å²) in [6.45, 7) is 0.232. The fourth-order valence-electron chi connectivity index (χ4n) is 2.33. The third kappa shape index (κ3) is 4.72. The molecule has 0 spiro atoms. The van der Waals surface area contributed by atoms with Crippen molar-refractivity contribution in [2.24, 2.45) is 7.05 Å². The van der Waals surface area contributed by atoms with Crippen LogP contribution in [0.2, 0.25) is 5.28 Å². The van der Waals surface area contributed by atoms with Gasteiger partial charge in [-0.15, -0.1) is 11.8 Å². The molecule has 2 aromatic heterocycles. The maximum Gasteiger partial charge on any atom is 0.434 e. The number of benzene rings is 1. The summed E-state index contributed by atoms with van der Waals surface area (Å²) in [5.74, 6) is 0.587. The van der Waals surface area contributed by atoms with Crippen molar-refractivity contribution in [2.45, 2.75) is 17.8 Å². The van der Waals surface area contributed by atoms with Gasteiger partial charge >= 0.3 is 6.18 Å². The van der Waals surface area contributed by atoms with Crippen LogP contribution in [0.1, 0.15) is 11.3 Å². The van der Waals surface area contributed by atoms with E-state index in [1.807, 2.05) is 6.26 Å². The van der Waals surface area contributed by atoms with Gasteiger partial charge in [0.2, 0.25) is 11.2 Å². The smallest absolute Gasteiger partial charge is 0.434 e. The van der Waals surface area contributed by atoms with Crippen LogP contribution >= 0.6 is 23.4 Å². The van der Waals surface area contributed by atoms with E-state index in [4.69, 9.17) is 16.3 Å². The van der Waals surface area contributed by atoms with Crippen molar-refractivity contribution in [1.82, 2.24) is 19.5 Å². The summed E-state index contributed by atoms with van der Waals surface area (Å²) in [6, 6.07) is 8.59. The van der Waals surface area contributed by atoms with Crippen LogP contribution in [0.15, 0.2) is 41.6 Å². The maximum atomic E-state index is 12.8. The van der Waals surface area contributed by atoms with Gasteiger partial charge in [-0.2, -0.15) is 18.2 Å². The van der Waals surface area contributed by atoms with Crippen LogP contribution in [0.4, 0.5) is 13.2 Å². The molecule has 3 aromatic rings. The molecule has 0 amide bonds. The van der Waals surface area contributed by atoms with Crippen LogP contribution in [-0.4, -0.2) is 25.8 Å². The van der Waals surface area contributed by atoms with Crippen LogP contribution in [-0.2, 0) is 19.8 Å². The van der Waals surface area contributed by atoms with Crippen LogP contribution in [0, 0.1) is 0 Å². The van der Waals surface area contributed by atoms with Crippen molar-refractivity contribution in [1.29, 1.82) is 0 Å². The molecule has 0 aliphatic heterocycles. The van der Waals surface area contributed by atoms with Crippen molar-refractivity contribution in [3.63, 3.8) is 0 Å². The monoisotopic (exact) mass is 414 g/mol. The van der Waals surface area contributed by atoms with E-state index in [1.54, 1.807) is 30.3 Å². The quantitative estimate of drug-likeness (QED) is 0.339. The SMILES string of the molecule is CSc1cc(OCc2ccc(-c3nc(C(F)(F)F)cn3C)cc2)nc(Cl)n1. The number of hydrogen-bond donors (Lipinski definition) is 0. The Bertz CT molecular complexity index is 944. The summed E-state index contributed by atoms with van der Waals surface area (Å²) in [5.41, 5.74) is 0.480. The number of nitrogens with zero attached hydrogens (tertiary/aromatic N) is 4. The molecule has 0 N–H and O–H groups in total. The van der Waals surface area contributed by atoms with E-state index >= 15 is 0 Å². The molecule has 0 saturated heterocycles. The highest BCUT2D eigenvalue weighted by molar-refractivity contribution is 7.98. The molecule has 0 bridgehead atoms. The Hall–Kier alpha value is -2.26. The highest BCUT2D eigenvalue weighted by Gasteiger charge is 2.34. The van der Waals surface area contributed by atoms with E-state index in [-0.39, 0.29) is 17.7 Å². The predicted molar refractivity (Wildman–Crippen MR) is 96.8 cm³/mol. The number of hydrogen-bond acceptors (Lipinski definition) is 5. The van der Waals surface area contributed by atoms with Gasteiger partial charge in [-0.05, 0) is 23.4 Å². The number of thioether (sulfide) groups is 1. The minimum atomic E-state index is -4.47. The summed E-state index contributed by atoms with van der Waals surface area (Å²) in [6.07, 6.45) is -1.64. The fraction of sp³-hybridized carbons (Fsp3) is 0.235. The van der Waals surface area contributed by atoms with Gasteiger partial charge in [0.1, 0.15) is 17.5 Å². The van der Waals surface area contributed by atoms with Gasteiger partial charge in [-0.1, -0.05) is 24.3 Å². The lowest BCUT2D eigenvalue weighted by molar-refractivity contribution is -0.140. The molecule has 0 radical (unpaired) electrons. The Morgan fingerprint density at radius 2 is 1.85 bits per heavy atom. The van der Waals surface area contributed by atoms with Crippen molar-refractivity contribution in [3.8, 4) is 17.3 Å². The van der Waals surface area contributed by atoms with E-state index in [0.717, 1.165) is 11.8 Å². The fourth-order valence-corrected chi connectivity index (χ4v) is 2.95. The molecule has 0 unspecified atom stereocenters. The number of rotatable bonds is 5. The van der Waals surface area contributed by atoms with Gasteiger partial charge in [-0.3, -0.25) is 0 Å². The average molecular weight is 415 g/mol. The first-order chi connectivity index (χ1) is 12.8. The van der Waals surface area contributed by atoms with Gasteiger partial charge < -0.3 is 9.30 Å². The maximum absolute atomic E-state index is 12.8. The molecule has 10 heteroatoms. The zero-order valence-corrected chi connectivity index (χ0v) is 15.9. The number of aryl methyl sites for hydroxylation is 1. The van der Waals surface area contributed by atoms with Gasteiger partial charge in [0.15, 0.2) is 5.69 Å². The largest absolute Gasteiger partial charge is 0.473 e. The molecule has 142 valence electrons. The van der Waals surface area contributed by atoms with Gasteiger partial charge in [0.25, 0.3) is 0 Å². The minimum absolute atomic E-state index is 0.0995. The van der Waals surface area contributed by atoms with Gasteiger partial charge in [0.05, 0.1) is 0 Å². The summed E-state index contributed by atoms with van der Waals surface area (Å²) in [5, 5.41) is 0.790. The van der Waals surface area contributed by atoms with Crippen LogP contribution < -0.4 is 4.74 Å². The normalized spacial score (nSPS) is 11.6. The molecule has 1 aromatic carbocycles. The van der Waals surface area contributed by atoms with Crippen molar-refractivity contribution in [2.75, 3.05) is 6.26 Å². The molecule has 0 aliphatic carbocycles. The molecular formula is C17H14ClF3N4OS. The number of halogens is 4. The molecule has 5 nitrogen and oxygen atoms in total. The summed E-state index contributed by atoms with van der Waals surface area (Å²) in [4.78, 5) is 11.7. The minimum Gasteiger partial charge on any atom is -0.473 e. The Balaban J connectivity index is 1.73. The van der Waals surface area contributed by atoms with E-state index in [2.05, 4.69) is 15.0 Å². The third-order valence-electron chi connectivity index (χ3n) is 3.63. The standard InChI is InChI=1S/C17H14ClF3N4OS/c1-25-8-12(17(19,20)21)22-15(25)11-5-3-10(4-6-11)9-26-13-7-14(27-2)24-16(18)23-13/h3-8H,9H2,1-2H3. The molecule has 3 rings (SSSR count). The third-order valence-corrected chi connectivity index (χ3v) is 4.42. The van der Waals surface area contributed by atoms with Gasteiger partial charge in [0, 0.05) is 24.9 Å². The first kappa shape index (κ1) is 19.5. The second-order valence-electron chi connectivity index (χ2n) is 5.56. The Kier molecular flexibility index (Phi) is 5.61. The Morgan fingerprint density at radius 3 is 2.44 bits per heavy atom. The highest BCUT2D eigenvalue weighted by Crippen LogP contribution is 2.30. The zero-order valence-electron chi connectivity index (χ0n) is 14.3. The second-order valence-corrected chi connectivity index (χ2v) is 6.73. The Labute approximate surface area is 162 Å². The van der Waals surface area contributed by atoms with Crippen molar-refractivity contribution < 1.29 is 17.9 Å². The number of imidazole rings is 1. The van der Waals surface area contributed by atoms with Crippen molar-refractivity contribution >= 4 is 23.4 Å². The van der Waals surface area contributed by atoms with E-state index in [9.17, 15) is 13.2 Å². The topological polar surface area (TPSA) is 52.8 Å². The summed E-state index contributed by atoms with van der Waals surface area (Å²) >= 11 is 7.26. The lowest BCUT2D eigenvalue weighted by Crippen LogP contribution is -2.04. The van der Waals surface area contributed by atoms with Gasteiger partial charge in [-0.25, -0.2) is 9.97 Å². The lowest BCUT2D eigenvalue weighted by atomic mass is 10.1. The molecule has 2 heterocycles. The van der Waals surface area contributed by atoms with Crippen LogP contribution in [0.5, 0.6) is 5.88 Å². The molecule has 0 saturated carbocycles. The molecule has 0 fully saturated rings. The molecule has 27 heavy (non-hydrogen) atoms. The molecular weight excluding hydrogens is 401 g/mol. The van der Waals surface area contributed by atoms with Crippen LogP contribution in [0.3, 0.4) is 0 Å². The Morgan fingerprint density at radius 1 is 1.15 bits per heavy atom. The average Bonchev–Trinajstić information content (AvgIpc) is 3.02. The molecule has 0 atom stereocenters. The van der Waals surface area contributed by atoms with E-state index in [0.29, 0.717) is 16.5 Å². The van der Waals surface area contributed by atoms with E-state index in [1.165, 1.54) is 23.4 Å². The lowest BCUT2D eigenvalue weighted by Gasteiger charge is -2.08. The van der Waals surface area contributed by atoms with E-state index < -0.39 is 11.9 Å². The highest BCUT2D eigenvalue weighted by atomic mass is 35.5. The van der Waals surface area contributed by atoms with Crippen molar-refractivity contribution in [3.05, 3.63) is 53.1 Å². The predicted octanol–water partition coefficient (Wildman–Crippen LogP) is 4.85. The number of ether oxygens (including phenoxy) is 1. The number of alkyl halides is 3. The molecule has 0 aliphatic rings. The second kappa shape index (κ2) is 7.77. The van der Waals surface area contributed by atoms with Crippen LogP contribution in [0.25, 0.3) is 11.4 Å². The first-order valence-electron chi connectivity index (χ1n) is 7.67. The summed E-state index contributed by atoms with van der Waals surface area (Å²) < 4.78 is 45.3. The zero-order chi connectivity index (χ0) is 19.6.